The predicted molar refractivity (Wildman–Crippen MR) is 67.6 cm³/mol. The number of cyclic esters (lactones) is 1. The molecule has 0 aromatic heterocycles. The largest absolute Gasteiger partial charge is 0.461 e. The summed E-state index contributed by atoms with van der Waals surface area (Å²) in [6.45, 7) is 1.83. The second kappa shape index (κ2) is 4.86. The van der Waals surface area contributed by atoms with Gasteiger partial charge in [0.25, 0.3) is 0 Å². The molecular formula is C12H13ClN2O3. The molecule has 5 nitrogen and oxygen atoms in total. The Morgan fingerprint density at radius 3 is 2.83 bits per heavy atom. The SMILES string of the molecule is C[C@H]1C[C@@H](Nc2ccc(Cl)c(C(N)=O)c2)C(=O)O1. The van der Waals surface area contributed by atoms with E-state index in [1.165, 1.54) is 6.07 Å². The summed E-state index contributed by atoms with van der Waals surface area (Å²) < 4.78 is 5.03. The molecule has 0 saturated carbocycles. The average molecular weight is 269 g/mol. The van der Waals surface area contributed by atoms with Crippen molar-refractivity contribution in [1.82, 2.24) is 0 Å². The number of carbonyl (C=O) groups excluding carboxylic acids is 2. The Kier molecular flexibility index (Phi) is 3.43. The molecule has 18 heavy (non-hydrogen) atoms. The van der Waals surface area contributed by atoms with Gasteiger partial charge < -0.3 is 15.8 Å². The van der Waals surface area contributed by atoms with Crippen molar-refractivity contribution < 1.29 is 14.3 Å². The zero-order valence-electron chi connectivity index (χ0n) is 9.77. The van der Waals surface area contributed by atoms with E-state index in [1.54, 1.807) is 12.1 Å². The fourth-order valence-electron chi connectivity index (χ4n) is 1.88. The minimum absolute atomic E-state index is 0.0992. The summed E-state index contributed by atoms with van der Waals surface area (Å²) in [6, 6.07) is 4.38. The van der Waals surface area contributed by atoms with Crippen molar-refractivity contribution in [2.24, 2.45) is 5.73 Å². The summed E-state index contributed by atoms with van der Waals surface area (Å²) in [5.74, 6) is -0.899. The monoisotopic (exact) mass is 268 g/mol. The molecule has 0 bridgehead atoms. The fourth-order valence-corrected chi connectivity index (χ4v) is 2.09. The number of hydrogen-bond acceptors (Lipinski definition) is 4. The first-order valence-electron chi connectivity index (χ1n) is 5.53. The lowest BCUT2D eigenvalue weighted by molar-refractivity contribution is -0.141. The standard InChI is InChI=1S/C12H13ClN2O3/c1-6-4-10(12(17)18-6)15-7-2-3-9(13)8(5-7)11(14)16/h2-3,5-6,10,15H,4H2,1H3,(H2,14,16)/t6-,10+/m0/s1. The minimum Gasteiger partial charge on any atom is -0.461 e. The second-order valence-electron chi connectivity index (χ2n) is 4.24. The maximum absolute atomic E-state index is 11.5. The van der Waals surface area contributed by atoms with Crippen molar-refractivity contribution in [1.29, 1.82) is 0 Å². The number of halogens is 1. The molecule has 6 heteroatoms. The van der Waals surface area contributed by atoms with Crippen LogP contribution in [0.15, 0.2) is 18.2 Å². The molecule has 0 aliphatic carbocycles. The third kappa shape index (κ3) is 2.56. The molecule has 1 aliphatic heterocycles. The smallest absolute Gasteiger partial charge is 0.328 e. The normalized spacial score (nSPS) is 22.7. The van der Waals surface area contributed by atoms with E-state index in [2.05, 4.69) is 5.32 Å². The first kappa shape index (κ1) is 12.7. The Morgan fingerprint density at radius 2 is 2.28 bits per heavy atom. The number of primary amides is 1. The van der Waals surface area contributed by atoms with Crippen LogP contribution < -0.4 is 11.1 Å². The van der Waals surface area contributed by atoms with Crippen LogP contribution in [0.3, 0.4) is 0 Å². The average Bonchev–Trinajstić information content (AvgIpc) is 2.60. The van der Waals surface area contributed by atoms with Crippen molar-refractivity contribution in [3.05, 3.63) is 28.8 Å². The Bertz CT molecular complexity index is 504. The lowest BCUT2D eigenvalue weighted by Gasteiger charge is -2.11. The molecule has 1 fully saturated rings. The summed E-state index contributed by atoms with van der Waals surface area (Å²) in [7, 11) is 0. The van der Waals surface area contributed by atoms with Gasteiger partial charge in [0.2, 0.25) is 5.91 Å². The Labute approximate surface area is 109 Å². The number of esters is 1. The van der Waals surface area contributed by atoms with Crippen LogP contribution in [0.1, 0.15) is 23.7 Å². The molecule has 2 atom stereocenters. The summed E-state index contributed by atoms with van der Waals surface area (Å²) in [4.78, 5) is 22.6. The van der Waals surface area contributed by atoms with E-state index in [0.717, 1.165) is 0 Å². The van der Waals surface area contributed by atoms with Crippen molar-refractivity contribution in [3.8, 4) is 0 Å². The van der Waals surface area contributed by atoms with Crippen molar-refractivity contribution in [2.45, 2.75) is 25.5 Å². The van der Waals surface area contributed by atoms with Gasteiger partial charge in [-0.3, -0.25) is 4.79 Å². The number of rotatable bonds is 3. The minimum atomic E-state index is -0.606. The highest BCUT2D eigenvalue weighted by molar-refractivity contribution is 6.33. The summed E-state index contributed by atoms with van der Waals surface area (Å²) >= 11 is 5.84. The van der Waals surface area contributed by atoms with Crippen LogP contribution in [-0.4, -0.2) is 24.0 Å². The zero-order valence-corrected chi connectivity index (χ0v) is 10.5. The maximum Gasteiger partial charge on any atom is 0.328 e. The molecule has 96 valence electrons. The predicted octanol–water partition coefficient (Wildman–Crippen LogP) is 1.55. The molecule has 2 rings (SSSR count). The van der Waals surface area contributed by atoms with Gasteiger partial charge in [0.05, 0.1) is 10.6 Å². The van der Waals surface area contributed by atoms with Crippen molar-refractivity contribution in [3.63, 3.8) is 0 Å². The summed E-state index contributed by atoms with van der Waals surface area (Å²) in [5.41, 5.74) is 6.04. The quantitative estimate of drug-likeness (QED) is 0.815. The Hall–Kier alpha value is -1.75. The third-order valence-corrected chi connectivity index (χ3v) is 3.07. The van der Waals surface area contributed by atoms with Gasteiger partial charge in [-0.2, -0.15) is 0 Å². The number of hydrogen-bond donors (Lipinski definition) is 2. The maximum atomic E-state index is 11.5. The van der Waals surface area contributed by atoms with Crippen molar-refractivity contribution >= 4 is 29.2 Å². The van der Waals surface area contributed by atoms with Gasteiger partial charge in [0.15, 0.2) is 0 Å². The van der Waals surface area contributed by atoms with Crippen LogP contribution in [0.4, 0.5) is 5.69 Å². The van der Waals surface area contributed by atoms with Gasteiger partial charge in [-0.1, -0.05) is 11.6 Å². The molecule has 1 aromatic carbocycles. The highest BCUT2D eigenvalue weighted by Gasteiger charge is 2.31. The van der Waals surface area contributed by atoms with Crippen LogP contribution >= 0.6 is 11.6 Å². The van der Waals surface area contributed by atoms with Crippen LogP contribution in [0.25, 0.3) is 0 Å². The fraction of sp³-hybridized carbons (Fsp3) is 0.333. The van der Waals surface area contributed by atoms with E-state index in [0.29, 0.717) is 12.1 Å². The third-order valence-electron chi connectivity index (χ3n) is 2.74. The summed E-state index contributed by atoms with van der Waals surface area (Å²) in [6.07, 6.45) is 0.491. The molecule has 3 N–H and O–H groups in total. The lowest BCUT2D eigenvalue weighted by atomic mass is 10.1. The zero-order chi connectivity index (χ0) is 13.3. The van der Waals surface area contributed by atoms with Gasteiger partial charge >= 0.3 is 5.97 Å². The highest BCUT2D eigenvalue weighted by Crippen LogP contribution is 2.23. The Balaban J connectivity index is 2.17. The van der Waals surface area contributed by atoms with Gasteiger partial charge in [-0.05, 0) is 25.1 Å². The van der Waals surface area contributed by atoms with E-state index in [1.807, 2.05) is 6.92 Å². The number of anilines is 1. The van der Waals surface area contributed by atoms with E-state index in [4.69, 9.17) is 22.1 Å². The highest BCUT2D eigenvalue weighted by atomic mass is 35.5. The molecule has 0 spiro atoms. The number of ether oxygens (including phenoxy) is 1. The molecule has 1 aliphatic rings. The van der Waals surface area contributed by atoms with Crippen LogP contribution in [0.5, 0.6) is 0 Å². The lowest BCUT2D eigenvalue weighted by Crippen LogP contribution is -2.24. The van der Waals surface area contributed by atoms with E-state index >= 15 is 0 Å². The van der Waals surface area contributed by atoms with Gasteiger partial charge in [0.1, 0.15) is 12.1 Å². The van der Waals surface area contributed by atoms with Gasteiger partial charge in [-0.15, -0.1) is 0 Å². The number of nitrogens with one attached hydrogen (secondary N) is 1. The molecule has 0 radical (unpaired) electrons. The van der Waals surface area contributed by atoms with E-state index < -0.39 is 11.9 Å². The number of amides is 1. The van der Waals surface area contributed by atoms with Gasteiger partial charge in [-0.25, -0.2) is 4.79 Å². The molecular weight excluding hydrogens is 256 g/mol. The van der Waals surface area contributed by atoms with E-state index in [9.17, 15) is 9.59 Å². The molecule has 1 amide bonds. The second-order valence-corrected chi connectivity index (χ2v) is 4.65. The topological polar surface area (TPSA) is 81.4 Å². The van der Waals surface area contributed by atoms with E-state index in [-0.39, 0.29) is 22.7 Å². The van der Waals surface area contributed by atoms with Crippen LogP contribution in [0.2, 0.25) is 5.02 Å². The number of benzene rings is 1. The first-order chi connectivity index (χ1) is 8.47. The molecule has 1 saturated heterocycles. The first-order valence-corrected chi connectivity index (χ1v) is 5.91. The van der Waals surface area contributed by atoms with Crippen molar-refractivity contribution in [2.75, 3.05) is 5.32 Å². The van der Waals surface area contributed by atoms with Gasteiger partial charge in [0, 0.05) is 12.1 Å². The molecule has 0 unspecified atom stereocenters. The Morgan fingerprint density at radius 1 is 1.56 bits per heavy atom. The molecule has 1 aromatic rings. The summed E-state index contributed by atoms with van der Waals surface area (Å²) in [5, 5.41) is 3.29. The number of nitrogens with two attached hydrogens (primary N) is 1. The van der Waals surface area contributed by atoms with Crippen LogP contribution in [-0.2, 0) is 9.53 Å². The van der Waals surface area contributed by atoms with Crippen LogP contribution in [0, 0.1) is 0 Å². The number of carbonyl (C=O) groups is 2. The molecule has 1 heterocycles.